The van der Waals surface area contributed by atoms with E-state index in [4.69, 9.17) is 0 Å². The van der Waals surface area contributed by atoms with Gasteiger partial charge in [-0.2, -0.15) is 9.36 Å². The van der Waals surface area contributed by atoms with E-state index < -0.39 is 0 Å². The Hall–Kier alpha value is -5.90. The zero-order valence-electron chi connectivity index (χ0n) is 22.4. The first-order valence-corrected chi connectivity index (χ1v) is 13.6. The van der Waals surface area contributed by atoms with E-state index in [1.807, 2.05) is 72.8 Å². The summed E-state index contributed by atoms with van der Waals surface area (Å²) in [4.78, 5) is 0. The normalized spacial score (nSPS) is 16.8. The predicted molar refractivity (Wildman–Crippen MR) is 161 cm³/mol. The van der Waals surface area contributed by atoms with Crippen LogP contribution in [-0.2, 0) is 0 Å². The van der Waals surface area contributed by atoms with Gasteiger partial charge in [0.15, 0.2) is 0 Å². The first kappa shape index (κ1) is 25.1. The number of allylic oxidation sites excluding steroid dienone is 2. The van der Waals surface area contributed by atoms with Gasteiger partial charge in [0.25, 0.3) is 0 Å². The van der Waals surface area contributed by atoms with Crippen molar-refractivity contribution in [3.63, 3.8) is 0 Å². The topological polar surface area (TPSA) is 111 Å². The predicted octanol–water partition coefficient (Wildman–Crippen LogP) is 5.46. The van der Waals surface area contributed by atoms with E-state index in [-0.39, 0.29) is 12.1 Å². The monoisotopic (exact) mass is 550 g/mol. The lowest BCUT2D eigenvalue weighted by atomic mass is 10.0. The Balaban J connectivity index is 0.000000137. The molecule has 0 spiro atoms. The van der Waals surface area contributed by atoms with Crippen LogP contribution in [0.2, 0.25) is 0 Å². The van der Waals surface area contributed by atoms with E-state index in [0.717, 1.165) is 33.6 Å². The highest BCUT2D eigenvalue weighted by molar-refractivity contribution is 5.77. The van der Waals surface area contributed by atoms with Gasteiger partial charge in [0.1, 0.15) is 12.1 Å². The summed E-state index contributed by atoms with van der Waals surface area (Å²) in [6, 6.07) is 40.8. The number of nitrogens with zero attached hydrogens (tertiary/aromatic N) is 8. The van der Waals surface area contributed by atoms with Crippen LogP contribution >= 0.6 is 0 Å². The zero-order chi connectivity index (χ0) is 28.1. The highest BCUT2D eigenvalue weighted by Gasteiger charge is 2.25. The molecule has 0 saturated carbocycles. The molecule has 0 aliphatic carbocycles. The molecule has 2 atom stereocenters. The fraction of sp³-hybridized carbons (Fsp3) is 0.0625. The molecule has 4 heterocycles. The third-order valence-electron chi connectivity index (χ3n) is 7.11. The molecule has 0 unspecified atom stereocenters. The van der Waals surface area contributed by atoms with Gasteiger partial charge < -0.3 is 10.6 Å². The van der Waals surface area contributed by atoms with Crippen molar-refractivity contribution in [3.05, 3.63) is 156 Å². The van der Waals surface area contributed by atoms with E-state index in [9.17, 15) is 0 Å². The molecular formula is C32H26N10. The van der Waals surface area contributed by atoms with Gasteiger partial charge in [-0.3, -0.25) is 0 Å². The Morgan fingerprint density at radius 2 is 0.810 bits per heavy atom. The Labute approximate surface area is 242 Å². The molecule has 0 radical (unpaired) electrons. The summed E-state index contributed by atoms with van der Waals surface area (Å²) >= 11 is 0. The third kappa shape index (κ3) is 5.04. The summed E-state index contributed by atoms with van der Waals surface area (Å²) in [7, 11) is 0. The molecule has 10 heteroatoms. The summed E-state index contributed by atoms with van der Waals surface area (Å²) in [5.41, 5.74) is 6.58. The molecular weight excluding hydrogens is 524 g/mol. The molecule has 0 amide bonds. The lowest BCUT2D eigenvalue weighted by Crippen LogP contribution is -2.20. The van der Waals surface area contributed by atoms with Gasteiger partial charge in [-0.05, 0) is 55.3 Å². The molecule has 0 bridgehead atoms. The Bertz CT molecular complexity index is 1690. The number of anilines is 2. The number of aromatic nitrogens is 8. The van der Waals surface area contributed by atoms with Crippen LogP contribution in [0.3, 0.4) is 0 Å². The van der Waals surface area contributed by atoms with Crippen molar-refractivity contribution in [2.45, 2.75) is 12.1 Å². The first-order chi connectivity index (χ1) is 20.8. The van der Waals surface area contributed by atoms with Crippen molar-refractivity contribution in [1.29, 1.82) is 0 Å². The van der Waals surface area contributed by atoms with Crippen molar-refractivity contribution in [2.75, 3.05) is 10.6 Å². The smallest absolute Gasteiger partial charge is 0.248 e. The number of hydrogen-bond acceptors (Lipinski definition) is 8. The molecule has 0 fully saturated rings. The molecule has 2 aliphatic rings. The summed E-state index contributed by atoms with van der Waals surface area (Å²) in [5.74, 6) is 1.32. The number of tetrazole rings is 2. The standard InChI is InChI=1S/2C16H13N5/c2*1-3-7-12(8-4-1)14-11-15(13-9-5-2-6-10-13)21-16(17-14)18-19-20-21/h2*1-11,15H,(H,17,18,20)/t2*15-/m00/s1. The average Bonchev–Trinajstić information content (AvgIpc) is 3.76. The number of hydrogen-bond donors (Lipinski definition) is 2. The Kier molecular flexibility index (Phi) is 6.75. The molecule has 2 aromatic heterocycles. The van der Waals surface area contributed by atoms with Gasteiger partial charge in [-0.15, -0.1) is 0 Å². The van der Waals surface area contributed by atoms with E-state index in [2.05, 4.69) is 102 Å². The highest BCUT2D eigenvalue weighted by Crippen LogP contribution is 2.32. The quantitative estimate of drug-likeness (QED) is 0.298. The van der Waals surface area contributed by atoms with Crippen LogP contribution in [-0.4, -0.2) is 40.4 Å². The molecule has 204 valence electrons. The van der Waals surface area contributed by atoms with Crippen LogP contribution in [0.5, 0.6) is 0 Å². The maximum atomic E-state index is 4.09. The number of nitrogens with one attached hydrogen (secondary N) is 2. The minimum atomic E-state index is -0.00680. The molecule has 4 aromatic carbocycles. The number of benzene rings is 4. The average molecular weight is 551 g/mol. The molecule has 2 N–H and O–H groups in total. The van der Waals surface area contributed by atoms with Crippen LogP contribution < -0.4 is 10.6 Å². The van der Waals surface area contributed by atoms with Crippen LogP contribution in [0.25, 0.3) is 11.4 Å². The number of fused-ring (bicyclic) bond motifs is 2. The molecule has 10 nitrogen and oxygen atoms in total. The maximum Gasteiger partial charge on any atom is 0.248 e. The van der Waals surface area contributed by atoms with Gasteiger partial charge in [0, 0.05) is 11.4 Å². The van der Waals surface area contributed by atoms with Crippen LogP contribution in [0.4, 0.5) is 11.9 Å². The van der Waals surface area contributed by atoms with E-state index >= 15 is 0 Å². The molecule has 0 saturated heterocycles. The summed E-state index contributed by atoms with van der Waals surface area (Å²) < 4.78 is 3.59. The lowest BCUT2D eigenvalue weighted by Gasteiger charge is -2.23. The molecule has 42 heavy (non-hydrogen) atoms. The SMILES string of the molecule is C1=C(c2ccccc2)Nc2nnnn2[C@@H]1c1ccccc1.C1=C(c2ccccc2)Nc2nnnn2[C@@H]1c1ccccc1. The molecule has 6 aromatic rings. The van der Waals surface area contributed by atoms with Crippen LogP contribution in [0.1, 0.15) is 34.3 Å². The molecule has 2 aliphatic heterocycles. The Morgan fingerprint density at radius 1 is 0.452 bits per heavy atom. The zero-order valence-corrected chi connectivity index (χ0v) is 22.4. The van der Waals surface area contributed by atoms with Gasteiger partial charge in [0.05, 0.1) is 0 Å². The number of rotatable bonds is 4. The van der Waals surface area contributed by atoms with E-state index in [1.54, 1.807) is 9.36 Å². The van der Waals surface area contributed by atoms with Crippen LogP contribution in [0, 0.1) is 0 Å². The van der Waals surface area contributed by atoms with Crippen molar-refractivity contribution in [3.8, 4) is 0 Å². The van der Waals surface area contributed by atoms with Crippen LogP contribution in [0.15, 0.2) is 133 Å². The minimum Gasteiger partial charge on any atom is -0.323 e. The van der Waals surface area contributed by atoms with Gasteiger partial charge in [0.2, 0.25) is 11.9 Å². The summed E-state index contributed by atoms with van der Waals surface area (Å²) in [5, 5.41) is 30.4. The van der Waals surface area contributed by atoms with Gasteiger partial charge in [-0.1, -0.05) is 132 Å². The fourth-order valence-electron chi connectivity index (χ4n) is 5.06. The highest BCUT2D eigenvalue weighted by atomic mass is 15.6. The molecule has 8 rings (SSSR count). The summed E-state index contributed by atoms with van der Waals surface area (Å²) in [6.07, 6.45) is 4.29. The fourth-order valence-corrected chi connectivity index (χ4v) is 5.06. The van der Waals surface area contributed by atoms with Gasteiger partial charge in [-0.25, -0.2) is 0 Å². The van der Waals surface area contributed by atoms with Crippen molar-refractivity contribution < 1.29 is 0 Å². The largest absolute Gasteiger partial charge is 0.323 e. The van der Waals surface area contributed by atoms with Crippen molar-refractivity contribution in [2.24, 2.45) is 0 Å². The maximum absolute atomic E-state index is 4.09. The van der Waals surface area contributed by atoms with E-state index in [0.29, 0.717) is 11.9 Å². The second kappa shape index (κ2) is 11.3. The van der Waals surface area contributed by atoms with E-state index in [1.165, 1.54) is 0 Å². The second-order valence-electron chi connectivity index (χ2n) is 9.75. The third-order valence-corrected chi connectivity index (χ3v) is 7.11. The van der Waals surface area contributed by atoms with Crippen molar-refractivity contribution in [1.82, 2.24) is 40.4 Å². The van der Waals surface area contributed by atoms with Crippen molar-refractivity contribution >= 4 is 23.3 Å². The second-order valence-corrected chi connectivity index (χ2v) is 9.75. The lowest BCUT2D eigenvalue weighted by molar-refractivity contribution is 0.586. The minimum absolute atomic E-state index is 0.00680. The summed E-state index contributed by atoms with van der Waals surface area (Å²) in [6.45, 7) is 0. The van der Waals surface area contributed by atoms with Gasteiger partial charge >= 0.3 is 0 Å². The first-order valence-electron chi connectivity index (χ1n) is 13.6. The Morgan fingerprint density at radius 3 is 1.19 bits per heavy atom.